The molecule has 1 aliphatic rings. The van der Waals surface area contributed by atoms with Crippen LogP contribution < -0.4 is 10.5 Å². The van der Waals surface area contributed by atoms with E-state index >= 15 is 0 Å². The summed E-state index contributed by atoms with van der Waals surface area (Å²) in [4.78, 5) is 31.4. The van der Waals surface area contributed by atoms with E-state index < -0.39 is 0 Å². The molecule has 1 aliphatic heterocycles. The standard InChI is InChI=1S/C26H27N3O2S/c1-4-29-22-10-6-5-9-19(22)24-20(25(29)30)16-23(32-24)26(31)28-14-12-27(13-15-28)21-11-7-8-17(2)18(21)3/h5-11,16H,4,12-15H2,1-3H3. The Morgan fingerprint density at radius 3 is 2.47 bits per heavy atom. The Hall–Kier alpha value is -3.12. The topological polar surface area (TPSA) is 45.6 Å². The minimum atomic E-state index is -0.0174. The Balaban J connectivity index is 1.44. The average molecular weight is 446 g/mol. The first kappa shape index (κ1) is 20.8. The molecule has 2 aromatic carbocycles. The molecular formula is C26H27N3O2S. The number of aromatic nitrogens is 1. The van der Waals surface area contributed by atoms with Gasteiger partial charge >= 0.3 is 0 Å². The van der Waals surface area contributed by atoms with E-state index in [2.05, 4.69) is 36.9 Å². The van der Waals surface area contributed by atoms with Gasteiger partial charge in [-0.25, -0.2) is 0 Å². The van der Waals surface area contributed by atoms with Gasteiger partial charge in [0.1, 0.15) is 0 Å². The lowest BCUT2D eigenvalue weighted by atomic mass is 10.1. The van der Waals surface area contributed by atoms with E-state index in [-0.39, 0.29) is 11.5 Å². The van der Waals surface area contributed by atoms with Crippen molar-refractivity contribution in [1.82, 2.24) is 9.47 Å². The summed E-state index contributed by atoms with van der Waals surface area (Å²) in [5.74, 6) is 0.0262. The number of hydrogen-bond acceptors (Lipinski definition) is 4. The van der Waals surface area contributed by atoms with Gasteiger partial charge in [0.05, 0.1) is 15.8 Å². The second-order valence-electron chi connectivity index (χ2n) is 8.42. The van der Waals surface area contributed by atoms with Crippen molar-refractivity contribution in [1.29, 1.82) is 0 Å². The fraction of sp³-hybridized carbons (Fsp3) is 0.308. The maximum Gasteiger partial charge on any atom is 0.264 e. The largest absolute Gasteiger partial charge is 0.368 e. The zero-order valence-electron chi connectivity index (χ0n) is 18.7. The highest BCUT2D eigenvalue weighted by molar-refractivity contribution is 7.21. The summed E-state index contributed by atoms with van der Waals surface area (Å²) in [5.41, 5.74) is 4.75. The Morgan fingerprint density at radius 1 is 0.969 bits per heavy atom. The van der Waals surface area contributed by atoms with Gasteiger partial charge in [-0.05, 0) is 50.1 Å². The molecule has 1 fully saturated rings. The van der Waals surface area contributed by atoms with Crippen LogP contribution in [-0.4, -0.2) is 41.6 Å². The molecule has 0 N–H and O–H groups in total. The number of benzene rings is 2. The molecule has 0 unspecified atom stereocenters. The van der Waals surface area contributed by atoms with Crippen molar-refractivity contribution in [3.63, 3.8) is 0 Å². The van der Waals surface area contributed by atoms with Crippen LogP contribution in [0, 0.1) is 13.8 Å². The number of amides is 1. The third kappa shape index (κ3) is 3.30. The number of carbonyl (C=O) groups excluding carboxylic acids is 1. The molecule has 2 aromatic heterocycles. The van der Waals surface area contributed by atoms with E-state index in [9.17, 15) is 9.59 Å². The number of thiophene rings is 1. The van der Waals surface area contributed by atoms with Crippen LogP contribution in [0.4, 0.5) is 5.69 Å². The van der Waals surface area contributed by atoms with Crippen LogP contribution in [-0.2, 0) is 6.54 Å². The van der Waals surface area contributed by atoms with Gasteiger partial charge in [-0.2, -0.15) is 0 Å². The summed E-state index contributed by atoms with van der Waals surface area (Å²) in [6.07, 6.45) is 0. The molecule has 3 heterocycles. The van der Waals surface area contributed by atoms with Crippen molar-refractivity contribution >= 4 is 43.9 Å². The van der Waals surface area contributed by atoms with Crippen molar-refractivity contribution in [2.75, 3.05) is 31.1 Å². The highest BCUT2D eigenvalue weighted by Crippen LogP contribution is 2.32. The summed E-state index contributed by atoms with van der Waals surface area (Å²) in [7, 11) is 0. The van der Waals surface area contributed by atoms with Gasteiger partial charge in [0.15, 0.2) is 0 Å². The zero-order chi connectivity index (χ0) is 22.4. The second-order valence-corrected chi connectivity index (χ2v) is 9.47. The number of hydrogen-bond donors (Lipinski definition) is 0. The van der Waals surface area contributed by atoms with Gasteiger partial charge in [0.25, 0.3) is 11.5 Å². The Morgan fingerprint density at radius 2 is 1.72 bits per heavy atom. The van der Waals surface area contributed by atoms with E-state index in [0.717, 1.165) is 28.7 Å². The van der Waals surface area contributed by atoms with E-state index in [1.54, 1.807) is 10.6 Å². The number of aryl methyl sites for hydroxylation is 2. The molecule has 5 rings (SSSR count). The monoisotopic (exact) mass is 445 g/mol. The van der Waals surface area contributed by atoms with Gasteiger partial charge in [-0.15, -0.1) is 11.3 Å². The maximum absolute atomic E-state index is 13.3. The first-order valence-corrected chi connectivity index (χ1v) is 12.0. The lowest BCUT2D eigenvalue weighted by Crippen LogP contribution is -2.48. The minimum Gasteiger partial charge on any atom is -0.368 e. The van der Waals surface area contributed by atoms with Gasteiger partial charge in [0.2, 0.25) is 0 Å². The van der Waals surface area contributed by atoms with Crippen molar-refractivity contribution in [2.45, 2.75) is 27.3 Å². The van der Waals surface area contributed by atoms with Crippen molar-refractivity contribution < 1.29 is 4.79 Å². The summed E-state index contributed by atoms with van der Waals surface area (Å²) < 4.78 is 2.70. The molecule has 4 aromatic rings. The van der Waals surface area contributed by atoms with E-state index in [0.29, 0.717) is 29.9 Å². The molecule has 0 atom stereocenters. The van der Waals surface area contributed by atoms with Crippen LogP contribution in [0.25, 0.3) is 21.0 Å². The van der Waals surface area contributed by atoms with Crippen LogP contribution >= 0.6 is 11.3 Å². The molecule has 0 bridgehead atoms. The summed E-state index contributed by atoms with van der Waals surface area (Å²) >= 11 is 1.45. The van der Waals surface area contributed by atoms with Crippen molar-refractivity contribution in [2.24, 2.45) is 0 Å². The number of rotatable bonds is 3. The number of piperazine rings is 1. The zero-order valence-corrected chi connectivity index (χ0v) is 19.5. The third-order valence-corrected chi connectivity index (χ3v) is 7.81. The number of carbonyl (C=O) groups is 1. The fourth-order valence-electron chi connectivity index (χ4n) is 4.71. The lowest BCUT2D eigenvalue weighted by molar-refractivity contribution is 0.0751. The Kier molecular flexibility index (Phi) is 5.25. The smallest absolute Gasteiger partial charge is 0.264 e. The van der Waals surface area contributed by atoms with Gasteiger partial charge < -0.3 is 14.4 Å². The van der Waals surface area contributed by atoms with Crippen LogP contribution in [0.15, 0.2) is 53.3 Å². The molecule has 32 heavy (non-hydrogen) atoms. The SMILES string of the molecule is CCn1c(=O)c2cc(C(=O)N3CCN(c4cccc(C)c4C)CC3)sc2c2ccccc21. The van der Waals surface area contributed by atoms with Gasteiger partial charge in [-0.3, -0.25) is 9.59 Å². The van der Waals surface area contributed by atoms with Crippen LogP contribution in [0.5, 0.6) is 0 Å². The molecule has 164 valence electrons. The molecule has 1 amide bonds. The second kappa shape index (κ2) is 8.10. The first-order valence-electron chi connectivity index (χ1n) is 11.1. The number of nitrogens with zero attached hydrogens (tertiary/aromatic N) is 3. The molecule has 0 saturated carbocycles. The quantitative estimate of drug-likeness (QED) is 0.454. The Bertz CT molecular complexity index is 1390. The molecule has 5 nitrogen and oxygen atoms in total. The summed E-state index contributed by atoms with van der Waals surface area (Å²) in [6, 6.07) is 16.2. The number of fused-ring (bicyclic) bond motifs is 3. The first-order chi connectivity index (χ1) is 15.5. The van der Waals surface area contributed by atoms with Crippen LogP contribution in [0.2, 0.25) is 0 Å². The number of para-hydroxylation sites is 1. The van der Waals surface area contributed by atoms with Crippen LogP contribution in [0.3, 0.4) is 0 Å². The molecular weight excluding hydrogens is 418 g/mol. The highest BCUT2D eigenvalue weighted by Gasteiger charge is 2.25. The van der Waals surface area contributed by atoms with Crippen LogP contribution in [0.1, 0.15) is 27.7 Å². The maximum atomic E-state index is 13.3. The highest BCUT2D eigenvalue weighted by atomic mass is 32.1. The van der Waals surface area contributed by atoms with Gasteiger partial charge in [-0.1, -0.05) is 30.3 Å². The van der Waals surface area contributed by atoms with E-state index in [1.165, 1.54) is 28.2 Å². The van der Waals surface area contributed by atoms with Crippen molar-refractivity contribution in [3.8, 4) is 0 Å². The molecule has 0 aliphatic carbocycles. The summed E-state index contributed by atoms with van der Waals surface area (Å²) in [6.45, 7) is 9.87. The Labute approximate surface area is 191 Å². The normalized spacial score (nSPS) is 14.5. The minimum absolute atomic E-state index is 0.0174. The molecule has 6 heteroatoms. The van der Waals surface area contributed by atoms with Gasteiger partial charge in [0, 0.05) is 48.5 Å². The molecule has 1 saturated heterocycles. The average Bonchev–Trinajstić information content (AvgIpc) is 3.27. The number of anilines is 1. The third-order valence-electron chi connectivity index (χ3n) is 6.66. The predicted octanol–water partition coefficient (Wildman–Crippen LogP) is 4.82. The lowest BCUT2D eigenvalue weighted by Gasteiger charge is -2.36. The fourth-order valence-corrected chi connectivity index (χ4v) is 5.86. The predicted molar refractivity (Wildman–Crippen MR) is 133 cm³/mol. The van der Waals surface area contributed by atoms with E-state index in [4.69, 9.17) is 0 Å². The summed E-state index contributed by atoms with van der Waals surface area (Å²) in [5, 5.41) is 1.68. The van der Waals surface area contributed by atoms with Crippen molar-refractivity contribution in [3.05, 3.63) is 74.9 Å². The van der Waals surface area contributed by atoms with E-state index in [1.807, 2.05) is 36.1 Å². The number of pyridine rings is 1. The molecule has 0 spiro atoms. The molecule has 0 radical (unpaired) electrons.